The fourth-order valence-electron chi connectivity index (χ4n) is 5.84. The summed E-state index contributed by atoms with van der Waals surface area (Å²) >= 11 is 0. The lowest BCUT2D eigenvalue weighted by Crippen LogP contribution is -2.49. The smallest absolute Gasteiger partial charge is 0.283 e. The second kappa shape index (κ2) is 10.8. The van der Waals surface area contributed by atoms with Gasteiger partial charge in [0.1, 0.15) is 30.1 Å². The number of fused-ring (bicyclic) bond motifs is 3. The first-order valence-corrected chi connectivity index (χ1v) is 13.0. The van der Waals surface area contributed by atoms with Gasteiger partial charge in [-0.2, -0.15) is 0 Å². The molecule has 10 heteroatoms. The Kier molecular flexibility index (Phi) is 7.66. The van der Waals surface area contributed by atoms with Gasteiger partial charge >= 0.3 is 0 Å². The van der Waals surface area contributed by atoms with Crippen LogP contribution in [-0.4, -0.2) is 77.4 Å². The van der Waals surface area contributed by atoms with E-state index in [1.807, 2.05) is 29.2 Å². The van der Waals surface area contributed by atoms with Crippen LogP contribution in [0.3, 0.4) is 0 Å². The summed E-state index contributed by atoms with van der Waals surface area (Å²) in [7, 11) is 0. The summed E-state index contributed by atoms with van der Waals surface area (Å²) in [6, 6.07) is 7.99. The van der Waals surface area contributed by atoms with E-state index >= 15 is 8.78 Å². The molecule has 2 aromatic carbocycles. The average molecular weight is 538 g/mol. The predicted octanol–water partition coefficient (Wildman–Crippen LogP) is 5.22. The zero-order valence-corrected chi connectivity index (χ0v) is 21.2. The number of rotatable bonds is 9. The minimum absolute atomic E-state index is 0.0223. The van der Waals surface area contributed by atoms with Gasteiger partial charge in [-0.3, -0.25) is 14.2 Å². The average Bonchev–Trinajstić information content (AvgIpc) is 3.48. The molecule has 0 spiro atoms. The van der Waals surface area contributed by atoms with E-state index in [0.29, 0.717) is 44.6 Å². The van der Waals surface area contributed by atoms with Crippen LogP contribution in [0.2, 0.25) is 0 Å². The number of aromatic nitrogens is 1. The molecule has 5 nitrogen and oxygen atoms in total. The lowest BCUT2D eigenvalue weighted by Gasteiger charge is -2.42. The molecular formula is C28H32F5N3O2. The third-order valence-electron chi connectivity index (χ3n) is 7.63. The number of para-hydroxylation sites is 1. The standard InChI is InChI=1S/C28H32F5N3O2/c1-17-11-21-20-5-2-3-6-24(20)34-26(21)27(36(17)15-28(32,33)16-37)25-22(30)12-19(13-23(25)31)38-18-7-10-35(14-18)9-4-8-29/h2-3,5-6,12-13,17-18,27,34,37H,4,7-11,14-16H2,1H3/t17-,18+,27-/m1/s1. The van der Waals surface area contributed by atoms with Gasteiger partial charge in [-0.15, -0.1) is 0 Å². The molecule has 3 aromatic rings. The molecule has 0 radical (unpaired) electrons. The second-order valence-corrected chi connectivity index (χ2v) is 10.4. The molecule has 1 saturated heterocycles. The molecule has 0 amide bonds. The van der Waals surface area contributed by atoms with Crippen LogP contribution in [0, 0.1) is 11.6 Å². The van der Waals surface area contributed by atoms with Gasteiger partial charge in [0.25, 0.3) is 5.92 Å². The first-order chi connectivity index (χ1) is 18.2. The van der Waals surface area contributed by atoms with E-state index in [-0.39, 0.29) is 17.4 Å². The molecule has 2 aliphatic heterocycles. The van der Waals surface area contributed by atoms with Crippen molar-refractivity contribution in [1.82, 2.24) is 14.8 Å². The lowest BCUT2D eigenvalue weighted by atomic mass is 9.87. The zero-order chi connectivity index (χ0) is 27.0. The molecular weight excluding hydrogens is 505 g/mol. The van der Waals surface area contributed by atoms with Gasteiger partial charge in [0.15, 0.2) is 0 Å². The SMILES string of the molecule is C[C@@H]1Cc2c([nH]c3ccccc23)[C@@H](c2c(F)cc(O[C@H]3CCN(CCCF)C3)cc2F)N1CC(F)(F)CO. The van der Waals surface area contributed by atoms with Crippen LogP contribution in [0.5, 0.6) is 5.75 Å². The van der Waals surface area contributed by atoms with Crippen molar-refractivity contribution in [2.45, 2.75) is 50.3 Å². The van der Waals surface area contributed by atoms with E-state index in [9.17, 15) is 18.3 Å². The van der Waals surface area contributed by atoms with Crippen molar-refractivity contribution in [3.05, 3.63) is 64.9 Å². The van der Waals surface area contributed by atoms with Crippen LogP contribution in [0.25, 0.3) is 10.9 Å². The van der Waals surface area contributed by atoms with E-state index < -0.39 is 49.5 Å². The van der Waals surface area contributed by atoms with E-state index in [4.69, 9.17) is 4.74 Å². The number of alkyl halides is 3. The Morgan fingerprint density at radius 3 is 2.61 bits per heavy atom. The summed E-state index contributed by atoms with van der Waals surface area (Å²) in [6.07, 6.45) is 1.20. The van der Waals surface area contributed by atoms with Crippen LogP contribution in [0.15, 0.2) is 36.4 Å². The first kappa shape index (κ1) is 26.9. The number of nitrogens with one attached hydrogen (secondary N) is 1. The summed E-state index contributed by atoms with van der Waals surface area (Å²) in [5.74, 6) is -5.22. The normalized spacial score (nSPS) is 22.8. The number of aliphatic hydroxyl groups is 1. The maximum absolute atomic E-state index is 15.7. The molecule has 38 heavy (non-hydrogen) atoms. The molecule has 2 aliphatic rings. The molecule has 206 valence electrons. The highest BCUT2D eigenvalue weighted by molar-refractivity contribution is 5.85. The fraction of sp³-hybridized carbons (Fsp3) is 0.500. The highest BCUT2D eigenvalue weighted by atomic mass is 19.3. The number of likely N-dealkylation sites (tertiary alicyclic amines) is 1. The molecule has 0 saturated carbocycles. The number of ether oxygens (including phenoxy) is 1. The van der Waals surface area contributed by atoms with Crippen molar-refractivity contribution in [2.75, 3.05) is 39.5 Å². The van der Waals surface area contributed by atoms with Crippen molar-refractivity contribution >= 4 is 10.9 Å². The maximum atomic E-state index is 15.7. The van der Waals surface area contributed by atoms with E-state index in [1.165, 1.54) is 4.90 Å². The molecule has 1 fully saturated rings. The van der Waals surface area contributed by atoms with Gasteiger partial charge < -0.3 is 14.8 Å². The Morgan fingerprint density at radius 2 is 1.89 bits per heavy atom. The van der Waals surface area contributed by atoms with Crippen LogP contribution >= 0.6 is 0 Å². The van der Waals surface area contributed by atoms with Crippen LogP contribution < -0.4 is 4.74 Å². The van der Waals surface area contributed by atoms with Crippen molar-refractivity contribution in [2.24, 2.45) is 0 Å². The summed E-state index contributed by atoms with van der Waals surface area (Å²) in [4.78, 5) is 6.63. The van der Waals surface area contributed by atoms with Crippen molar-refractivity contribution < 1.29 is 31.8 Å². The van der Waals surface area contributed by atoms with Crippen LogP contribution in [0.4, 0.5) is 22.0 Å². The Bertz CT molecular complexity index is 1260. The maximum Gasteiger partial charge on any atom is 0.283 e. The minimum atomic E-state index is -3.46. The van der Waals surface area contributed by atoms with Gasteiger partial charge in [-0.1, -0.05) is 18.2 Å². The fourth-order valence-corrected chi connectivity index (χ4v) is 5.84. The molecule has 1 aromatic heterocycles. The Balaban J connectivity index is 1.51. The van der Waals surface area contributed by atoms with E-state index in [0.717, 1.165) is 28.6 Å². The van der Waals surface area contributed by atoms with Crippen molar-refractivity contribution in [3.63, 3.8) is 0 Å². The molecule has 0 aliphatic carbocycles. The Labute approximate surface area is 218 Å². The molecule has 3 atom stereocenters. The van der Waals surface area contributed by atoms with Crippen LogP contribution in [0.1, 0.15) is 42.6 Å². The predicted molar refractivity (Wildman–Crippen MR) is 134 cm³/mol. The highest BCUT2D eigenvalue weighted by Crippen LogP contribution is 2.44. The number of benzene rings is 2. The Hall–Kier alpha value is -2.69. The third kappa shape index (κ3) is 5.26. The second-order valence-electron chi connectivity index (χ2n) is 10.4. The zero-order valence-electron chi connectivity index (χ0n) is 21.2. The largest absolute Gasteiger partial charge is 0.489 e. The number of nitrogens with zero attached hydrogens (tertiary/aromatic N) is 2. The summed E-state index contributed by atoms with van der Waals surface area (Å²) in [5, 5.41) is 10.1. The number of H-pyrrole nitrogens is 1. The third-order valence-corrected chi connectivity index (χ3v) is 7.63. The quantitative estimate of drug-likeness (QED) is 0.368. The number of hydrogen-bond donors (Lipinski definition) is 2. The summed E-state index contributed by atoms with van der Waals surface area (Å²) in [6.45, 7) is 0.950. The minimum Gasteiger partial charge on any atom is -0.489 e. The first-order valence-electron chi connectivity index (χ1n) is 13.0. The van der Waals surface area contributed by atoms with E-state index in [2.05, 4.69) is 4.98 Å². The molecule has 5 rings (SSSR count). The molecule has 0 bridgehead atoms. The number of aliphatic hydroxyl groups excluding tert-OH is 1. The van der Waals surface area contributed by atoms with Crippen LogP contribution in [-0.2, 0) is 6.42 Å². The van der Waals surface area contributed by atoms with Gasteiger partial charge in [0.2, 0.25) is 0 Å². The lowest BCUT2D eigenvalue weighted by molar-refractivity contribution is -0.0869. The highest BCUT2D eigenvalue weighted by Gasteiger charge is 2.43. The van der Waals surface area contributed by atoms with Gasteiger partial charge in [-0.25, -0.2) is 17.6 Å². The number of aromatic amines is 1. The van der Waals surface area contributed by atoms with Crippen molar-refractivity contribution in [1.29, 1.82) is 0 Å². The van der Waals surface area contributed by atoms with Gasteiger partial charge in [0.05, 0.1) is 19.3 Å². The molecule has 2 N–H and O–H groups in total. The van der Waals surface area contributed by atoms with Gasteiger partial charge in [-0.05, 0) is 37.8 Å². The summed E-state index contributed by atoms with van der Waals surface area (Å²) < 4.78 is 78.7. The molecule has 0 unspecified atom stereocenters. The molecule has 3 heterocycles. The number of halogens is 5. The number of hydrogen-bond acceptors (Lipinski definition) is 4. The van der Waals surface area contributed by atoms with Crippen molar-refractivity contribution in [3.8, 4) is 5.75 Å². The summed E-state index contributed by atoms with van der Waals surface area (Å²) in [5.41, 5.74) is 1.70. The van der Waals surface area contributed by atoms with Gasteiger partial charge in [0, 0.05) is 60.0 Å². The monoisotopic (exact) mass is 537 g/mol. The topological polar surface area (TPSA) is 51.7 Å². The van der Waals surface area contributed by atoms with E-state index in [1.54, 1.807) is 6.92 Å². The Morgan fingerprint density at radius 1 is 1.16 bits per heavy atom.